The van der Waals surface area contributed by atoms with Crippen LogP contribution >= 0.6 is 24.0 Å². The van der Waals surface area contributed by atoms with Crippen LogP contribution in [0.3, 0.4) is 0 Å². The van der Waals surface area contributed by atoms with Crippen molar-refractivity contribution < 1.29 is 8.42 Å². The van der Waals surface area contributed by atoms with Gasteiger partial charge in [0.2, 0.25) is 10.0 Å². The van der Waals surface area contributed by atoms with Crippen molar-refractivity contribution in [2.24, 2.45) is 10.1 Å². The molecule has 1 unspecified atom stereocenters. The number of piperidine rings is 1. The van der Waals surface area contributed by atoms with Gasteiger partial charge in [-0.1, -0.05) is 13.3 Å². The average molecular weight is 461 g/mol. The van der Waals surface area contributed by atoms with Crippen LogP contribution in [0.1, 0.15) is 39.5 Å². The molecule has 1 heterocycles. The van der Waals surface area contributed by atoms with E-state index in [9.17, 15) is 8.42 Å². The summed E-state index contributed by atoms with van der Waals surface area (Å²) >= 11 is 0. The van der Waals surface area contributed by atoms with Gasteiger partial charge in [-0.2, -0.15) is 0 Å². The van der Waals surface area contributed by atoms with E-state index in [0.29, 0.717) is 18.5 Å². The molecule has 138 valence electrons. The van der Waals surface area contributed by atoms with Gasteiger partial charge in [-0.05, 0) is 32.7 Å². The van der Waals surface area contributed by atoms with Crippen molar-refractivity contribution in [2.45, 2.75) is 45.6 Å². The van der Waals surface area contributed by atoms with Crippen LogP contribution in [0, 0.1) is 0 Å². The molecular weight excluding hydrogens is 429 g/mol. The van der Waals surface area contributed by atoms with Gasteiger partial charge in [0, 0.05) is 25.7 Å². The Bertz CT molecular complexity index is 444. The third-order valence-corrected chi connectivity index (χ3v) is 4.67. The third-order valence-electron chi connectivity index (χ3n) is 3.90. The number of aliphatic imine (C=N–C) groups is 1. The highest BCUT2D eigenvalue weighted by Gasteiger charge is 2.19. The van der Waals surface area contributed by atoms with Crippen molar-refractivity contribution in [2.75, 3.05) is 38.5 Å². The van der Waals surface area contributed by atoms with Gasteiger partial charge >= 0.3 is 0 Å². The summed E-state index contributed by atoms with van der Waals surface area (Å²) in [5, 5.41) is 11.1. The standard InChI is InChI=1S/C14H31N5O2S.HI/c1-3-13-7-5-6-10-19(13)11-8-17-14(16-4-2)18-9-12-22(15,20)21;/h13H,3-12H2,1-2H3,(H2,15,20,21)(H2,16,17,18);1H. The topological polar surface area (TPSA) is 99.8 Å². The van der Waals surface area contributed by atoms with Crippen molar-refractivity contribution in [3.63, 3.8) is 0 Å². The minimum atomic E-state index is -3.44. The summed E-state index contributed by atoms with van der Waals surface area (Å²) in [6.45, 7) is 8.04. The number of primary sulfonamides is 1. The predicted octanol–water partition coefficient (Wildman–Crippen LogP) is 0.713. The molecule has 0 radical (unpaired) electrons. The first-order valence-corrected chi connectivity index (χ1v) is 9.94. The largest absolute Gasteiger partial charge is 0.357 e. The summed E-state index contributed by atoms with van der Waals surface area (Å²) in [7, 11) is -3.44. The summed E-state index contributed by atoms with van der Waals surface area (Å²) in [6.07, 6.45) is 5.08. The molecular formula is C14H32IN5O2S. The van der Waals surface area contributed by atoms with Gasteiger partial charge in [0.05, 0.1) is 12.3 Å². The predicted molar refractivity (Wildman–Crippen MR) is 107 cm³/mol. The minimum Gasteiger partial charge on any atom is -0.357 e. The van der Waals surface area contributed by atoms with Crippen molar-refractivity contribution in [1.29, 1.82) is 0 Å². The lowest BCUT2D eigenvalue weighted by atomic mass is 10.0. The third kappa shape index (κ3) is 10.4. The zero-order chi connectivity index (χ0) is 16.4. The highest BCUT2D eigenvalue weighted by molar-refractivity contribution is 14.0. The van der Waals surface area contributed by atoms with E-state index >= 15 is 0 Å². The van der Waals surface area contributed by atoms with Crippen LogP contribution < -0.4 is 15.8 Å². The molecule has 4 N–H and O–H groups in total. The van der Waals surface area contributed by atoms with E-state index in [0.717, 1.165) is 19.6 Å². The van der Waals surface area contributed by atoms with Gasteiger partial charge in [0.1, 0.15) is 0 Å². The number of halogens is 1. The van der Waals surface area contributed by atoms with Crippen molar-refractivity contribution in [3.05, 3.63) is 0 Å². The normalized spacial score (nSPS) is 20.0. The Balaban J connectivity index is 0.00000484. The van der Waals surface area contributed by atoms with E-state index in [1.807, 2.05) is 6.92 Å². The molecule has 0 spiro atoms. The maximum absolute atomic E-state index is 10.9. The monoisotopic (exact) mass is 461 g/mol. The lowest BCUT2D eigenvalue weighted by Gasteiger charge is -2.34. The fourth-order valence-electron chi connectivity index (χ4n) is 2.76. The van der Waals surface area contributed by atoms with Crippen LogP contribution in [0.15, 0.2) is 4.99 Å². The van der Waals surface area contributed by atoms with Crippen molar-refractivity contribution in [1.82, 2.24) is 15.5 Å². The molecule has 7 nitrogen and oxygen atoms in total. The number of guanidine groups is 1. The first-order valence-electron chi connectivity index (χ1n) is 8.23. The smallest absolute Gasteiger partial charge is 0.210 e. The molecule has 0 amide bonds. The highest BCUT2D eigenvalue weighted by Crippen LogP contribution is 2.18. The summed E-state index contributed by atoms with van der Waals surface area (Å²) in [5.41, 5.74) is 0. The molecule has 9 heteroatoms. The molecule has 1 aliphatic heterocycles. The van der Waals surface area contributed by atoms with Crippen LogP contribution in [-0.2, 0) is 10.0 Å². The van der Waals surface area contributed by atoms with Gasteiger partial charge in [-0.25, -0.2) is 13.6 Å². The van der Waals surface area contributed by atoms with Gasteiger partial charge in [0.15, 0.2) is 5.96 Å². The molecule has 1 atom stereocenters. The molecule has 0 aromatic carbocycles. The maximum atomic E-state index is 10.9. The van der Waals surface area contributed by atoms with Crippen molar-refractivity contribution >= 4 is 40.0 Å². The number of rotatable bonds is 8. The number of nitrogens with one attached hydrogen (secondary N) is 2. The van der Waals surface area contributed by atoms with E-state index in [1.165, 1.54) is 25.7 Å². The quantitative estimate of drug-likeness (QED) is 0.281. The van der Waals surface area contributed by atoms with Gasteiger partial charge in [-0.15, -0.1) is 24.0 Å². The number of likely N-dealkylation sites (tertiary alicyclic amines) is 1. The lowest BCUT2D eigenvalue weighted by molar-refractivity contribution is 0.148. The number of sulfonamides is 1. The minimum absolute atomic E-state index is 0. The average Bonchev–Trinajstić information content (AvgIpc) is 2.46. The molecule has 1 fully saturated rings. The Kier molecular flexibility index (Phi) is 12.2. The van der Waals surface area contributed by atoms with Gasteiger partial charge in [-0.3, -0.25) is 9.89 Å². The second-order valence-corrected chi connectivity index (χ2v) is 7.38. The fraction of sp³-hybridized carbons (Fsp3) is 0.929. The Hall–Kier alpha value is -0.130. The highest BCUT2D eigenvalue weighted by atomic mass is 127. The Morgan fingerprint density at radius 3 is 2.65 bits per heavy atom. The van der Waals surface area contributed by atoms with Gasteiger partial charge in [0.25, 0.3) is 0 Å². The van der Waals surface area contributed by atoms with Gasteiger partial charge < -0.3 is 10.6 Å². The van der Waals surface area contributed by atoms with Crippen molar-refractivity contribution in [3.8, 4) is 0 Å². The SMILES string of the molecule is CCNC(=NCCN1CCCCC1CC)NCCS(N)(=O)=O.I. The molecule has 1 aliphatic rings. The van der Waals surface area contributed by atoms with Crippen LogP contribution in [0.4, 0.5) is 0 Å². The van der Waals surface area contributed by atoms with Crippen LogP contribution in [0.5, 0.6) is 0 Å². The number of hydrogen-bond acceptors (Lipinski definition) is 4. The molecule has 1 rings (SSSR count). The van der Waals surface area contributed by atoms with E-state index in [2.05, 4.69) is 27.4 Å². The Labute approximate surface area is 157 Å². The molecule has 0 bridgehead atoms. The van der Waals surface area contributed by atoms with E-state index in [1.54, 1.807) is 0 Å². The van der Waals surface area contributed by atoms with E-state index in [4.69, 9.17) is 5.14 Å². The molecule has 0 aromatic rings. The zero-order valence-electron chi connectivity index (χ0n) is 14.3. The second kappa shape index (κ2) is 12.3. The fourth-order valence-corrected chi connectivity index (χ4v) is 3.15. The number of nitrogens with zero attached hydrogens (tertiary/aromatic N) is 2. The zero-order valence-corrected chi connectivity index (χ0v) is 17.4. The lowest BCUT2D eigenvalue weighted by Crippen LogP contribution is -2.42. The second-order valence-electron chi connectivity index (χ2n) is 5.65. The summed E-state index contributed by atoms with van der Waals surface area (Å²) < 4.78 is 21.9. The summed E-state index contributed by atoms with van der Waals surface area (Å²) in [6, 6.07) is 0.682. The van der Waals surface area contributed by atoms with Crippen LogP contribution in [0.2, 0.25) is 0 Å². The number of hydrogen-bond donors (Lipinski definition) is 3. The molecule has 0 aliphatic carbocycles. The summed E-state index contributed by atoms with van der Waals surface area (Å²) in [5.74, 6) is 0.553. The first-order chi connectivity index (χ1) is 10.5. The Morgan fingerprint density at radius 1 is 1.30 bits per heavy atom. The molecule has 0 saturated carbocycles. The summed E-state index contributed by atoms with van der Waals surface area (Å²) in [4.78, 5) is 7.03. The molecule has 0 aromatic heterocycles. The van der Waals surface area contributed by atoms with E-state index in [-0.39, 0.29) is 36.3 Å². The Morgan fingerprint density at radius 2 is 2.04 bits per heavy atom. The number of nitrogens with two attached hydrogens (primary N) is 1. The van der Waals surface area contributed by atoms with E-state index < -0.39 is 10.0 Å². The van der Waals surface area contributed by atoms with Crippen LogP contribution in [-0.4, -0.2) is 63.8 Å². The molecule has 1 saturated heterocycles. The first kappa shape index (κ1) is 22.9. The maximum Gasteiger partial charge on any atom is 0.210 e. The molecule has 23 heavy (non-hydrogen) atoms. The van der Waals surface area contributed by atoms with Crippen LogP contribution in [0.25, 0.3) is 0 Å².